The first kappa shape index (κ1) is 14.6. The molecule has 0 nitrogen and oxygen atoms in total. The van der Waals surface area contributed by atoms with Crippen molar-refractivity contribution in [2.45, 2.75) is 25.7 Å². The highest BCUT2D eigenvalue weighted by atomic mass is 79.9. The summed E-state index contributed by atoms with van der Waals surface area (Å²) in [4.78, 5) is 1.35. The first-order valence-corrected chi connectivity index (χ1v) is 8.28. The largest absolute Gasteiger partial charge is 0.126 e. The van der Waals surface area contributed by atoms with Crippen molar-refractivity contribution in [3.63, 3.8) is 0 Å². The van der Waals surface area contributed by atoms with Crippen LogP contribution in [0.15, 0.2) is 33.6 Å². The molecule has 0 aromatic heterocycles. The van der Waals surface area contributed by atoms with Gasteiger partial charge in [-0.05, 0) is 35.6 Å². The molecule has 1 unspecified atom stereocenters. The lowest BCUT2D eigenvalue weighted by Gasteiger charge is -2.28. The smallest absolute Gasteiger partial charge is 0.0176 e. The van der Waals surface area contributed by atoms with Gasteiger partial charge < -0.3 is 0 Å². The molecule has 0 aliphatic rings. The molecule has 1 atom stereocenters. The molecule has 0 spiro atoms. The topological polar surface area (TPSA) is 0 Å². The van der Waals surface area contributed by atoms with E-state index >= 15 is 0 Å². The zero-order chi connectivity index (χ0) is 12.2. The number of alkyl halides is 1. The molecule has 90 valence electrons. The van der Waals surface area contributed by atoms with Gasteiger partial charge in [0.1, 0.15) is 0 Å². The molecule has 0 N–H and O–H groups in total. The minimum absolute atomic E-state index is 0.367. The summed E-state index contributed by atoms with van der Waals surface area (Å²) in [5.41, 5.74) is 0.367. The van der Waals surface area contributed by atoms with Crippen molar-refractivity contribution in [2.24, 2.45) is 11.3 Å². The third kappa shape index (κ3) is 4.80. The van der Waals surface area contributed by atoms with Crippen LogP contribution in [0.3, 0.4) is 0 Å². The minimum atomic E-state index is 0.367. The summed E-state index contributed by atoms with van der Waals surface area (Å²) in [7, 11) is 0. The van der Waals surface area contributed by atoms with Crippen LogP contribution in [0.25, 0.3) is 0 Å². The molecule has 0 aliphatic carbocycles. The lowest BCUT2D eigenvalue weighted by molar-refractivity contribution is 0.295. The molecule has 0 amide bonds. The highest BCUT2D eigenvalue weighted by Crippen LogP contribution is 2.33. The number of halogens is 2. The molecule has 0 aliphatic heterocycles. The maximum atomic E-state index is 3.62. The van der Waals surface area contributed by atoms with Gasteiger partial charge in [0.25, 0.3) is 0 Å². The average molecular weight is 366 g/mol. The van der Waals surface area contributed by atoms with E-state index in [4.69, 9.17) is 0 Å². The van der Waals surface area contributed by atoms with E-state index in [1.165, 1.54) is 4.90 Å². The highest BCUT2D eigenvalue weighted by Gasteiger charge is 2.23. The summed E-state index contributed by atoms with van der Waals surface area (Å²) in [6, 6.07) is 8.54. The molecular formula is C13H18Br2S. The third-order valence-corrected chi connectivity index (χ3v) is 5.16. The van der Waals surface area contributed by atoms with E-state index in [2.05, 4.69) is 76.9 Å². The van der Waals surface area contributed by atoms with Crippen LogP contribution in [0, 0.1) is 11.3 Å². The van der Waals surface area contributed by atoms with Gasteiger partial charge in [0, 0.05) is 20.5 Å². The van der Waals surface area contributed by atoms with Crippen molar-refractivity contribution in [3.8, 4) is 0 Å². The lowest BCUT2D eigenvalue weighted by atomic mass is 9.83. The maximum absolute atomic E-state index is 3.62. The molecule has 0 heterocycles. The Kier molecular flexibility index (Phi) is 5.89. The molecule has 3 heteroatoms. The van der Waals surface area contributed by atoms with Crippen molar-refractivity contribution in [1.82, 2.24) is 0 Å². The van der Waals surface area contributed by atoms with Crippen molar-refractivity contribution >= 4 is 43.6 Å². The Hall–Kier alpha value is 0.530. The number of benzene rings is 1. The van der Waals surface area contributed by atoms with Crippen LogP contribution in [0.4, 0.5) is 0 Å². The molecule has 0 bridgehead atoms. The van der Waals surface area contributed by atoms with Gasteiger partial charge in [0.2, 0.25) is 0 Å². The summed E-state index contributed by atoms with van der Waals surface area (Å²) in [5.74, 6) is 1.86. The Morgan fingerprint density at radius 3 is 2.19 bits per heavy atom. The SMILES string of the molecule is CC(C)(C)C(CBr)CSc1ccc(Br)cc1. The van der Waals surface area contributed by atoms with Gasteiger partial charge >= 0.3 is 0 Å². The molecule has 1 rings (SSSR count). The molecule has 1 aromatic rings. The summed E-state index contributed by atoms with van der Waals surface area (Å²) in [6.07, 6.45) is 0. The maximum Gasteiger partial charge on any atom is 0.0176 e. The van der Waals surface area contributed by atoms with E-state index in [1.54, 1.807) is 0 Å². The normalized spacial score (nSPS) is 13.8. The summed E-state index contributed by atoms with van der Waals surface area (Å²) in [6.45, 7) is 6.92. The predicted molar refractivity (Wildman–Crippen MR) is 81.6 cm³/mol. The van der Waals surface area contributed by atoms with Crippen molar-refractivity contribution in [2.75, 3.05) is 11.1 Å². The second-order valence-electron chi connectivity index (χ2n) is 4.98. The molecule has 0 saturated heterocycles. The van der Waals surface area contributed by atoms with Crippen LogP contribution < -0.4 is 0 Å². The Balaban J connectivity index is 2.53. The average Bonchev–Trinajstić information content (AvgIpc) is 2.19. The molecule has 0 fully saturated rings. The minimum Gasteiger partial charge on any atom is -0.126 e. The van der Waals surface area contributed by atoms with Gasteiger partial charge in [0.15, 0.2) is 0 Å². The molecule has 16 heavy (non-hydrogen) atoms. The fourth-order valence-electron chi connectivity index (χ4n) is 1.25. The van der Waals surface area contributed by atoms with Gasteiger partial charge in [-0.3, -0.25) is 0 Å². The predicted octanol–water partition coefficient (Wildman–Crippen LogP) is 5.60. The van der Waals surface area contributed by atoms with Crippen molar-refractivity contribution in [3.05, 3.63) is 28.7 Å². The summed E-state index contributed by atoms with van der Waals surface area (Å²) >= 11 is 9.01. The lowest BCUT2D eigenvalue weighted by Crippen LogP contribution is -2.23. The van der Waals surface area contributed by atoms with E-state index in [0.29, 0.717) is 11.3 Å². The number of hydrogen-bond donors (Lipinski definition) is 0. The monoisotopic (exact) mass is 364 g/mol. The van der Waals surface area contributed by atoms with Gasteiger partial charge in [-0.15, -0.1) is 11.8 Å². The number of thioether (sulfide) groups is 1. The fourth-order valence-corrected chi connectivity index (χ4v) is 4.36. The van der Waals surface area contributed by atoms with Crippen LogP contribution in [-0.2, 0) is 0 Å². The molecule has 0 saturated carbocycles. The quantitative estimate of drug-likeness (QED) is 0.494. The van der Waals surface area contributed by atoms with Crippen LogP contribution in [-0.4, -0.2) is 11.1 Å². The summed E-state index contributed by atoms with van der Waals surface area (Å²) in [5, 5.41) is 1.07. The first-order valence-electron chi connectivity index (χ1n) is 5.38. The van der Waals surface area contributed by atoms with Crippen LogP contribution in [0.5, 0.6) is 0 Å². The third-order valence-electron chi connectivity index (χ3n) is 2.68. The van der Waals surface area contributed by atoms with Crippen molar-refractivity contribution in [1.29, 1.82) is 0 Å². The Bertz CT molecular complexity index is 314. The van der Waals surface area contributed by atoms with E-state index in [9.17, 15) is 0 Å². The Morgan fingerprint density at radius 1 is 1.19 bits per heavy atom. The van der Waals surface area contributed by atoms with Crippen LogP contribution in [0.1, 0.15) is 20.8 Å². The van der Waals surface area contributed by atoms with Gasteiger partial charge in [-0.2, -0.15) is 0 Å². The Morgan fingerprint density at radius 2 is 1.75 bits per heavy atom. The fraction of sp³-hybridized carbons (Fsp3) is 0.538. The zero-order valence-corrected chi connectivity index (χ0v) is 14.0. The van der Waals surface area contributed by atoms with Crippen LogP contribution in [0.2, 0.25) is 0 Å². The number of hydrogen-bond acceptors (Lipinski definition) is 1. The highest BCUT2D eigenvalue weighted by molar-refractivity contribution is 9.10. The second-order valence-corrected chi connectivity index (χ2v) is 7.64. The van der Waals surface area contributed by atoms with Gasteiger partial charge in [-0.1, -0.05) is 52.6 Å². The molecule has 0 radical (unpaired) electrons. The summed E-state index contributed by atoms with van der Waals surface area (Å²) < 4.78 is 1.14. The van der Waals surface area contributed by atoms with Crippen molar-refractivity contribution < 1.29 is 0 Å². The van der Waals surface area contributed by atoms with E-state index in [-0.39, 0.29) is 0 Å². The zero-order valence-electron chi connectivity index (χ0n) is 9.97. The Labute approximate surface area is 120 Å². The van der Waals surface area contributed by atoms with E-state index < -0.39 is 0 Å². The molecule has 1 aromatic carbocycles. The van der Waals surface area contributed by atoms with Crippen LogP contribution >= 0.6 is 43.6 Å². The van der Waals surface area contributed by atoms with E-state index in [1.807, 2.05) is 11.8 Å². The molecular weight excluding hydrogens is 348 g/mol. The first-order chi connectivity index (χ1) is 7.43. The number of rotatable bonds is 4. The standard InChI is InChI=1S/C13H18Br2S/c1-13(2,3)10(8-14)9-16-12-6-4-11(15)5-7-12/h4-7,10H,8-9H2,1-3H3. The van der Waals surface area contributed by atoms with Gasteiger partial charge in [0.05, 0.1) is 0 Å². The van der Waals surface area contributed by atoms with Gasteiger partial charge in [-0.25, -0.2) is 0 Å². The second kappa shape index (κ2) is 6.46. The van der Waals surface area contributed by atoms with E-state index in [0.717, 1.165) is 15.6 Å².